The fourth-order valence-corrected chi connectivity index (χ4v) is 4.04. The summed E-state index contributed by atoms with van der Waals surface area (Å²) in [6, 6.07) is 12.8. The van der Waals surface area contributed by atoms with E-state index >= 15 is 0 Å². The van der Waals surface area contributed by atoms with Crippen LogP contribution in [0.4, 0.5) is 0 Å². The Morgan fingerprint density at radius 2 is 2.10 bits per heavy atom. The summed E-state index contributed by atoms with van der Waals surface area (Å²) in [7, 11) is 0. The van der Waals surface area contributed by atoms with Gasteiger partial charge < -0.3 is 9.47 Å². The second kappa shape index (κ2) is 9.11. The van der Waals surface area contributed by atoms with E-state index < -0.39 is 12.1 Å². The van der Waals surface area contributed by atoms with Gasteiger partial charge >= 0.3 is 5.97 Å². The predicted molar refractivity (Wildman–Crippen MR) is 121 cm³/mol. The number of esters is 1. The Morgan fingerprint density at radius 3 is 2.87 bits per heavy atom. The zero-order valence-electron chi connectivity index (χ0n) is 16.8. The van der Waals surface area contributed by atoms with E-state index in [1.165, 1.54) is 11.8 Å². The van der Waals surface area contributed by atoms with Crippen molar-refractivity contribution in [3.8, 4) is 5.75 Å². The molecule has 1 amide bonds. The van der Waals surface area contributed by atoms with E-state index in [9.17, 15) is 9.59 Å². The first-order chi connectivity index (χ1) is 15.0. The van der Waals surface area contributed by atoms with Crippen molar-refractivity contribution in [2.45, 2.75) is 13.1 Å². The molecule has 2 heterocycles. The lowest BCUT2D eigenvalue weighted by Crippen LogP contribution is -2.50. The van der Waals surface area contributed by atoms with Crippen LogP contribution in [0.25, 0.3) is 5.70 Å². The highest BCUT2D eigenvalue weighted by atomic mass is 79.9. The zero-order valence-corrected chi connectivity index (χ0v) is 19.2. The van der Waals surface area contributed by atoms with Crippen LogP contribution in [0.2, 0.25) is 0 Å². The monoisotopic (exact) mass is 502 g/mol. The Kier molecular flexibility index (Phi) is 6.28. The highest BCUT2D eigenvalue weighted by molar-refractivity contribution is 9.10. The molecule has 1 atom stereocenters. The van der Waals surface area contributed by atoms with Crippen molar-refractivity contribution in [1.82, 2.24) is 10.3 Å². The first kappa shape index (κ1) is 21.4. The first-order valence-corrected chi connectivity index (χ1v) is 11.5. The second-order valence-electron chi connectivity index (χ2n) is 6.55. The van der Waals surface area contributed by atoms with Crippen molar-refractivity contribution >= 4 is 50.4 Å². The van der Waals surface area contributed by atoms with Gasteiger partial charge in [-0.3, -0.25) is 15.1 Å². The molecule has 2 aliphatic heterocycles. The van der Waals surface area contributed by atoms with Gasteiger partial charge in [0.05, 0.1) is 12.0 Å². The van der Waals surface area contributed by atoms with Crippen LogP contribution in [0.15, 0.2) is 57.0 Å². The van der Waals surface area contributed by atoms with Crippen LogP contribution >= 0.6 is 27.7 Å². The molecule has 0 aliphatic carbocycles. The highest BCUT2D eigenvalue weighted by Crippen LogP contribution is 2.35. The van der Waals surface area contributed by atoms with Crippen molar-refractivity contribution in [1.29, 1.82) is 0 Å². The molecule has 0 fully saturated rings. The van der Waals surface area contributed by atoms with Crippen molar-refractivity contribution < 1.29 is 19.1 Å². The Balaban J connectivity index is 1.83. The maximum atomic E-state index is 13.0. The number of carbonyl (C=O) groups is 2. The fraction of sp³-hybridized carbons (Fsp3) is 0.238. The number of thioether (sulfide) groups is 1. The van der Waals surface area contributed by atoms with Crippen molar-refractivity contribution in [3.63, 3.8) is 0 Å². The molecule has 0 unspecified atom stereocenters. The summed E-state index contributed by atoms with van der Waals surface area (Å²) in [4.78, 5) is 29.6. The normalized spacial score (nSPS) is 17.1. The average molecular weight is 503 g/mol. The highest BCUT2D eigenvalue weighted by Gasteiger charge is 2.35. The van der Waals surface area contributed by atoms with E-state index in [-0.39, 0.29) is 19.1 Å². The first-order valence-electron chi connectivity index (χ1n) is 9.50. The van der Waals surface area contributed by atoms with Crippen molar-refractivity contribution in [2.24, 2.45) is 10.1 Å². The Labute approximate surface area is 191 Å². The van der Waals surface area contributed by atoms with E-state index in [2.05, 4.69) is 26.3 Å². The Morgan fingerprint density at radius 1 is 1.29 bits per heavy atom. The summed E-state index contributed by atoms with van der Waals surface area (Å²) in [6.45, 7) is 1.79. The van der Waals surface area contributed by atoms with Gasteiger partial charge in [0.15, 0.2) is 17.9 Å². The Hall–Kier alpha value is -2.85. The molecule has 4 rings (SSSR count). The quantitative estimate of drug-likeness (QED) is 0.627. The number of ether oxygens (including phenoxy) is 2. The lowest BCUT2D eigenvalue weighted by molar-refractivity contribution is -0.145. The summed E-state index contributed by atoms with van der Waals surface area (Å²) < 4.78 is 11.5. The van der Waals surface area contributed by atoms with E-state index in [4.69, 9.17) is 14.5 Å². The molecular weight excluding hydrogens is 484 g/mol. The number of fused-ring (bicyclic) bond motifs is 2. The van der Waals surface area contributed by atoms with Crippen molar-refractivity contribution in [2.75, 3.05) is 19.5 Å². The van der Waals surface area contributed by atoms with Crippen LogP contribution in [0.5, 0.6) is 5.75 Å². The molecule has 0 saturated carbocycles. The molecule has 0 radical (unpaired) electrons. The number of para-hydroxylation sites is 1. The molecular formula is C21H19BrN4O4S. The molecule has 2 aliphatic rings. The SMILES string of the molecule is CCOC(=O)COc1ccccc1[C@H]1N=c2ccc(Br)cc2=C2C(=O)NC(SC)=NN21. The topological polar surface area (TPSA) is 92.6 Å². The minimum atomic E-state index is -0.643. The van der Waals surface area contributed by atoms with Crippen LogP contribution in [-0.4, -0.2) is 41.5 Å². The third-order valence-corrected chi connectivity index (χ3v) is 5.67. The van der Waals surface area contributed by atoms with E-state index in [1.807, 2.05) is 42.7 Å². The zero-order chi connectivity index (χ0) is 22.0. The average Bonchev–Trinajstić information content (AvgIpc) is 2.77. The molecule has 2 aromatic rings. The molecule has 31 heavy (non-hydrogen) atoms. The summed E-state index contributed by atoms with van der Waals surface area (Å²) >= 11 is 4.79. The fourth-order valence-electron chi connectivity index (χ4n) is 3.31. The van der Waals surface area contributed by atoms with Crippen LogP contribution in [-0.2, 0) is 14.3 Å². The van der Waals surface area contributed by atoms with Crippen LogP contribution in [0, 0.1) is 0 Å². The third kappa shape index (κ3) is 4.31. The summed E-state index contributed by atoms with van der Waals surface area (Å²) in [6.07, 6.45) is 1.19. The largest absolute Gasteiger partial charge is 0.481 e. The van der Waals surface area contributed by atoms with Crippen LogP contribution in [0.3, 0.4) is 0 Å². The molecule has 2 aromatic carbocycles. The molecule has 8 nitrogen and oxygen atoms in total. The van der Waals surface area contributed by atoms with Crippen LogP contribution < -0.4 is 20.6 Å². The summed E-state index contributed by atoms with van der Waals surface area (Å²) in [5.41, 5.74) is 1.08. The number of rotatable bonds is 5. The number of amidine groups is 1. The third-order valence-electron chi connectivity index (χ3n) is 4.61. The maximum absolute atomic E-state index is 13.0. The van der Waals surface area contributed by atoms with Gasteiger partial charge in [-0.05, 0) is 37.4 Å². The molecule has 10 heteroatoms. The number of carbonyl (C=O) groups excluding carboxylic acids is 2. The minimum absolute atomic E-state index is 0.225. The van der Waals surface area contributed by atoms with E-state index in [0.29, 0.717) is 32.8 Å². The molecule has 160 valence electrons. The number of nitrogens with zero attached hydrogens (tertiary/aromatic N) is 3. The predicted octanol–water partition coefficient (Wildman–Crippen LogP) is 1.90. The van der Waals surface area contributed by atoms with Crippen molar-refractivity contribution in [3.05, 3.63) is 63.1 Å². The molecule has 0 bridgehead atoms. The number of benzene rings is 2. The van der Waals surface area contributed by atoms with E-state index in [1.54, 1.807) is 18.0 Å². The van der Waals surface area contributed by atoms with Gasteiger partial charge in [-0.2, -0.15) is 0 Å². The van der Waals surface area contributed by atoms with Gasteiger partial charge in [-0.15, -0.1) is 5.10 Å². The van der Waals surface area contributed by atoms with Gasteiger partial charge in [-0.25, -0.2) is 9.80 Å². The van der Waals surface area contributed by atoms with Gasteiger partial charge in [0, 0.05) is 15.3 Å². The molecule has 1 N–H and O–H groups in total. The lowest BCUT2D eigenvalue weighted by atomic mass is 10.1. The number of halogens is 1. The van der Waals surface area contributed by atoms with Gasteiger partial charge in [0.25, 0.3) is 5.91 Å². The van der Waals surface area contributed by atoms with Gasteiger partial charge in [-0.1, -0.05) is 45.9 Å². The molecule has 0 saturated heterocycles. The number of amides is 1. The molecule has 0 aromatic heterocycles. The number of hydrazone groups is 1. The van der Waals surface area contributed by atoms with Gasteiger partial charge in [0.2, 0.25) is 0 Å². The summed E-state index contributed by atoms with van der Waals surface area (Å²) in [5.74, 6) is -0.250. The number of hydrogen-bond donors (Lipinski definition) is 1. The molecule has 0 spiro atoms. The lowest BCUT2D eigenvalue weighted by Gasteiger charge is -2.34. The second-order valence-corrected chi connectivity index (χ2v) is 8.26. The standard InChI is InChI=1S/C21H19BrN4O4S/c1-3-29-17(27)11-30-16-7-5-4-6-13(16)19-23-15-9-8-12(22)10-14(15)18-20(28)24-21(31-2)25-26(18)19/h4-10,19H,3,11H2,1-2H3,(H,24,25,28)/t19-/m0/s1. The summed E-state index contributed by atoms with van der Waals surface area (Å²) in [5, 5.41) is 10.8. The maximum Gasteiger partial charge on any atom is 0.344 e. The minimum Gasteiger partial charge on any atom is -0.481 e. The van der Waals surface area contributed by atoms with Gasteiger partial charge in [0.1, 0.15) is 11.4 Å². The smallest absolute Gasteiger partial charge is 0.344 e. The van der Waals surface area contributed by atoms with E-state index in [0.717, 1.165) is 4.47 Å². The van der Waals surface area contributed by atoms with Crippen LogP contribution in [0.1, 0.15) is 18.7 Å². The number of nitrogens with one attached hydrogen (secondary N) is 1. The Bertz CT molecular complexity index is 1200. The number of hydrogen-bond acceptors (Lipinski definition) is 8.